The lowest BCUT2D eigenvalue weighted by atomic mass is 10.3. The molecule has 3 aromatic rings. The first-order chi connectivity index (χ1) is 14.0. The minimum absolute atomic E-state index is 0.390. The molecule has 1 N–H and O–H groups in total. The van der Waals surface area contributed by atoms with Crippen LogP contribution in [0.2, 0.25) is 0 Å². The van der Waals surface area contributed by atoms with E-state index in [9.17, 15) is 0 Å². The van der Waals surface area contributed by atoms with Crippen LogP contribution in [-0.4, -0.2) is 58.6 Å². The molecule has 0 amide bonds. The summed E-state index contributed by atoms with van der Waals surface area (Å²) in [7, 11) is 3.83. The van der Waals surface area contributed by atoms with E-state index in [-0.39, 0.29) is 0 Å². The van der Waals surface area contributed by atoms with Crippen molar-refractivity contribution in [2.24, 2.45) is 0 Å². The molecule has 3 heterocycles. The molecule has 29 heavy (non-hydrogen) atoms. The molecule has 9 heteroatoms. The molecule has 0 radical (unpaired) electrons. The Balaban J connectivity index is 2.13. The van der Waals surface area contributed by atoms with E-state index in [4.69, 9.17) is 24.5 Å². The zero-order valence-electron chi connectivity index (χ0n) is 17.8. The lowest BCUT2D eigenvalue weighted by molar-refractivity contribution is 0.128. The summed E-state index contributed by atoms with van der Waals surface area (Å²) in [6.07, 6.45) is 1.77. The largest absolute Gasteiger partial charge is 0.380 e. The smallest absolute Gasteiger partial charge is 0.227 e. The molecule has 3 rings (SSSR count). The quantitative estimate of drug-likeness (QED) is 0.521. The summed E-state index contributed by atoms with van der Waals surface area (Å²) in [6, 6.07) is 3.93. The van der Waals surface area contributed by atoms with Gasteiger partial charge in [-0.25, -0.2) is 9.97 Å². The van der Waals surface area contributed by atoms with Gasteiger partial charge in [0.05, 0.1) is 19.8 Å². The van der Waals surface area contributed by atoms with Crippen LogP contribution in [0, 0.1) is 6.92 Å². The van der Waals surface area contributed by atoms with Gasteiger partial charge in [-0.05, 0) is 38.5 Å². The molecule has 0 fully saturated rings. The van der Waals surface area contributed by atoms with Crippen molar-refractivity contribution in [2.45, 2.75) is 33.9 Å². The molecule has 156 valence electrons. The van der Waals surface area contributed by atoms with Crippen LogP contribution < -0.4 is 10.2 Å². The van der Waals surface area contributed by atoms with E-state index in [1.807, 2.05) is 56.6 Å². The number of nitrogens with one attached hydrogen (secondary N) is 1. The zero-order valence-corrected chi connectivity index (χ0v) is 17.8. The second-order valence-corrected chi connectivity index (χ2v) is 6.81. The normalized spacial score (nSPS) is 11.2. The lowest BCUT2D eigenvalue weighted by Gasteiger charge is -2.14. The predicted molar refractivity (Wildman–Crippen MR) is 114 cm³/mol. The second kappa shape index (κ2) is 9.62. The van der Waals surface area contributed by atoms with Crippen molar-refractivity contribution >= 4 is 28.6 Å². The first-order valence-electron chi connectivity index (χ1n) is 9.83. The first kappa shape index (κ1) is 20.9. The van der Waals surface area contributed by atoms with Crippen molar-refractivity contribution in [3.8, 4) is 0 Å². The van der Waals surface area contributed by atoms with Crippen LogP contribution in [0.4, 0.5) is 17.6 Å². The number of pyridine rings is 1. The van der Waals surface area contributed by atoms with Crippen LogP contribution in [0.3, 0.4) is 0 Å². The van der Waals surface area contributed by atoms with Gasteiger partial charge in [0.25, 0.3) is 0 Å². The van der Waals surface area contributed by atoms with Crippen LogP contribution in [0.1, 0.15) is 25.1 Å². The molecule has 0 bridgehead atoms. The standard InChI is InChI=1S/C20H29N7O2/c1-6-28-11-10-27-18-17(15(25-27)13-29-7-2)23-20(26(4)5)24-19(18)22-16-12-14(3)8-9-21-16/h8-9,12H,6-7,10-11,13H2,1-5H3,(H,21,22,23,24). The molecule has 0 unspecified atom stereocenters. The fourth-order valence-electron chi connectivity index (χ4n) is 2.90. The van der Waals surface area contributed by atoms with E-state index in [2.05, 4.69) is 10.3 Å². The second-order valence-electron chi connectivity index (χ2n) is 6.81. The fourth-order valence-corrected chi connectivity index (χ4v) is 2.90. The van der Waals surface area contributed by atoms with Crippen LogP contribution >= 0.6 is 0 Å². The number of aryl methyl sites for hydroxylation is 1. The van der Waals surface area contributed by atoms with Gasteiger partial charge in [0, 0.05) is 33.5 Å². The molecule has 0 saturated carbocycles. The van der Waals surface area contributed by atoms with E-state index in [0.717, 1.165) is 28.1 Å². The highest BCUT2D eigenvalue weighted by Crippen LogP contribution is 2.28. The third-order valence-electron chi connectivity index (χ3n) is 4.30. The SMILES string of the molecule is CCOCCn1nc(COCC)c2nc(N(C)C)nc(Nc3cc(C)ccn3)c21. The lowest BCUT2D eigenvalue weighted by Crippen LogP contribution is -2.15. The third-order valence-corrected chi connectivity index (χ3v) is 4.30. The predicted octanol–water partition coefficient (Wildman–Crippen LogP) is 2.91. The summed E-state index contributed by atoms with van der Waals surface area (Å²) in [5.74, 6) is 1.97. The van der Waals surface area contributed by atoms with Crippen molar-refractivity contribution in [1.82, 2.24) is 24.7 Å². The molecule has 0 aromatic carbocycles. The maximum Gasteiger partial charge on any atom is 0.227 e. The summed E-state index contributed by atoms with van der Waals surface area (Å²) >= 11 is 0. The molecular formula is C20H29N7O2. The Hall–Kier alpha value is -2.78. The van der Waals surface area contributed by atoms with Gasteiger partial charge in [-0.3, -0.25) is 4.68 Å². The number of ether oxygens (including phenoxy) is 2. The Kier molecular flexibility index (Phi) is 6.95. The van der Waals surface area contributed by atoms with E-state index < -0.39 is 0 Å². The minimum Gasteiger partial charge on any atom is -0.380 e. The number of rotatable bonds is 10. The Morgan fingerprint density at radius 2 is 1.93 bits per heavy atom. The highest BCUT2D eigenvalue weighted by molar-refractivity contribution is 5.90. The number of aromatic nitrogens is 5. The third kappa shape index (κ3) is 4.99. The van der Waals surface area contributed by atoms with Gasteiger partial charge >= 0.3 is 0 Å². The van der Waals surface area contributed by atoms with Crippen molar-refractivity contribution < 1.29 is 9.47 Å². The fraction of sp³-hybridized carbons (Fsp3) is 0.500. The molecular weight excluding hydrogens is 370 g/mol. The highest BCUT2D eigenvalue weighted by atomic mass is 16.5. The maximum atomic E-state index is 5.63. The molecule has 0 spiro atoms. The first-order valence-corrected chi connectivity index (χ1v) is 9.83. The Morgan fingerprint density at radius 1 is 1.14 bits per heavy atom. The number of hydrogen-bond acceptors (Lipinski definition) is 8. The molecule has 0 saturated heterocycles. The number of fused-ring (bicyclic) bond motifs is 1. The number of anilines is 3. The van der Waals surface area contributed by atoms with Gasteiger partial charge < -0.3 is 19.7 Å². The van der Waals surface area contributed by atoms with Crippen molar-refractivity contribution in [1.29, 1.82) is 0 Å². The van der Waals surface area contributed by atoms with Crippen molar-refractivity contribution in [2.75, 3.05) is 44.1 Å². The molecule has 0 aliphatic rings. The van der Waals surface area contributed by atoms with Gasteiger partial charge in [-0.1, -0.05) is 0 Å². The molecule has 0 atom stereocenters. The van der Waals surface area contributed by atoms with E-state index in [1.165, 1.54) is 0 Å². The van der Waals surface area contributed by atoms with E-state index in [0.29, 0.717) is 44.7 Å². The summed E-state index contributed by atoms with van der Waals surface area (Å²) < 4.78 is 13.1. The summed E-state index contributed by atoms with van der Waals surface area (Å²) in [5.41, 5.74) is 3.48. The Labute approximate surface area is 171 Å². The van der Waals surface area contributed by atoms with Crippen LogP contribution in [0.15, 0.2) is 18.3 Å². The van der Waals surface area contributed by atoms with E-state index in [1.54, 1.807) is 6.20 Å². The number of nitrogens with zero attached hydrogens (tertiary/aromatic N) is 6. The van der Waals surface area contributed by atoms with Crippen LogP contribution in [0.25, 0.3) is 11.0 Å². The van der Waals surface area contributed by atoms with Crippen LogP contribution in [-0.2, 0) is 22.6 Å². The van der Waals surface area contributed by atoms with Gasteiger partial charge in [-0.2, -0.15) is 10.1 Å². The van der Waals surface area contributed by atoms with Gasteiger partial charge in [-0.15, -0.1) is 0 Å². The Bertz CT molecular complexity index is 955. The average molecular weight is 399 g/mol. The van der Waals surface area contributed by atoms with Crippen molar-refractivity contribution in [3.05, 3.63) is 29.6 Å². The topological polar surface area (TPSA) is 90.2 Å². The monoisotopic (exact) mass is 399 g/mol. The molecule has 9 nitrogen and oxygen atoms in total. The molecule has 3 aromatic heterocycles. The number of hydrogen-bond donors (Lipinski definition) is 1. The average Bonchev–Trinajstić information content (AvgIpc) is 3.04. The van der Waals surface area contributed by atoms with Gasteiger partial charge in [0.15, 0.2) is 5.82 Å². The minimum atomic E-state index is 0.390. The van der Waals surface area contributed by atoms with Gasteiger partial charge in [0.1, 0.15) is 22.5 Å². The van der Waals surface area contributed by atoms with Crippen molar-refractivity contribution in [3.63, 3.8) is 0 Å². The van der Waals surface area contributed by atoms with E-state index >= 15 is 0 Å². The van der Waals surface area contributed by atoms with Gasteiger partial charge in [0.2, 0.25) is 5.95 Å². The highest BCUT2D eigenvalue weighted by Gasteiger charge is 2.20. The maximum absolute atomic E-state index is 5.63. The van der Waals surface area contributed by atoms with Crippen LogP contribution in [0.5, 0.6) is 0 Å². The molecule has 0 aliphatic carbocycles. The summed E-state index contributed by atoms with van der Waals surface area (Å²) in [6.45, 7) is 8.77. The Morgan fingerprint density at radius 3 is 2.62 bits per heavy atom. The summed E-state index contributed by atoms with van der Waals surface area (Å²) in [4.78, 5) is 15.8. The summed E-state index contributed by atoms with van der Waals surface area (Å²) in [5, 5.41) is 8.10. The zero-order chi connectivity index (χ0) is 20.8. The molecule has 0 aliphatic heterocycles.